The zero-order chi connectivity index (χ0) is 15.9. The summed E-state index contributed by atoms with van der Waals surface area (Å²) in [5.74, 6) is -0.160. The predicted molar refractivity (Wildman–Crippen MR) is 89.0 cm³/mol. The van der Waals surface area contributed by atoms with E-state index in [9.17, 15) is 4.79 Å². The van der Waals surface area contributed by atoms with E-state index < -0.39 is 0 Å². The number of hydrogen-bond acceptors (Lipinski definition) is 4. The molecule has 0 fully saturated rings. The SMILES string of the molecule is CN(C)c1ccc(NCC(=O)Nc2cccc(C#N)c2)cc1. The third-order valence-corrected chi connectivity index (χ3v) is 3.11. The summed E-state index contributed by atoms with van der Waals surface area (Å²) in [5.41, 5.74) is 3.12. The van der Waals surface area contributed by atoms with Crippen LogP contribution in [0.15, 0.2) is 48.5 Å². The number of nitrogens with one attached hydrogen (secondary N) is 2. The summed E-state index contributed by atoms with van der Waals surface area (Å²) in [6.07, 6.45) is 0. The zero-order valence-corrected chi connectivity index (χ0v) is 12.6. The van der Waals surface area contributed by atoms with Crippen molar-refractivity contribution in [3.05, 3.63) is 54.1 Å². The Hall–Kier alpha value is -3.00. The lowest BCUT2D eigenvalue weighted by molar-refractivity contribution is -0.114. The quantitative estimate of drug-likeness (QED) is 0.889. The number of hydrogen-bond donors (Lipinski definition) is 2. The van der Waals surface area contributed by atoms with Crippen LogP contribution in [0.25, 0.3) is 0 Å². The maximum Gasteiger partial charge on any atom is 0.243 e. The molecular weight excluding hydrogens is 276 g/mol. The molecule has 0 heterocycles. The third-order valence-electron chi connectivity index (χ3n) is 3.11. The molecule has 5 heteroatoms. The normalized spacial score (nSPS) is 9.68. The van der Waals surface area contributed by atoms with Gasteiger partial charge in [0.15, 0.2) is 0 Å². The zero-order valence-electron chi connectivity index (χ0n) is 12.6. The van der Waals surface area contributed by atoms with Crippen LogP contribution in [0.2, 0.25) is 0 Å². The molecule has 2 N–H and O–H groups in total. The number of carbonyl (C=O) groups excluding carboxylic acids is 1. The molecule has 0 spiro atoms. The Bertz CT molecular complexity index is 687. The van der Waals surface area contributed by atoms with E-state index in [4.69, 9.17) is 5.26 Å². The summed E-state index contributed by atoms with van der Waals surface area (Å²) < 4.78 is 0. The molecule has 0 aliphatic heterocycles. The van der Waals surface area contributed by atoms with E-state index in [1.807, 2.05) is 49.3 Å². The monoisotopic (exact) mass is 294 g/mol. The maximum atomic E-state index is 11.9. The van der Waals surface area contributed by atoms with Gasteiger partial charge in [0.2, 0.25) is 5.91 Å². The Morgan fingerprint density at radius 1 is 1.14 bits per heavy atom. The first-order chi connectivity index (χ1) is 10.6. The standard InChI is InChI=1S/C17H18N4O/c1-21(2)16-8-6-14(7-9-16)19-12-17(22)20-15-5-3-4-13(10-15)11-18/h3-10,19H,12H2,1-2H3,(H,20,22). The van der Waals surface area contributed by atoms with Crippen LogP contribution >= 0.6 is 0 Å². The number of nitriles is 1. The van der Waals surface area contributed by atoms with E-state index in [0.29, 0.717) is 11.3 Å². The Kier molecular flexibility index (Phi) is 4.99. The third kappa shape index (κ3) is 4.25. The summed E-state index contributed by atoms with van der Waals surface area (Å²) in [6, 6.07) is 16.7. The molecule has 2 rings (SSSR count). The molecular formula is C17H18N4O. The van der Waals surface area contributed by atoms with Gasteiger partial charge in [-0.2, -0.15) is 5.26 Å². The molecule has 0 aliphatic carbocycles. The van der Waals surface area contributed by atoms with Gasteiger partial charge in [0.25, 0.3) is 0 Å². The molecule has 22 heavy (non-hydrogen) atoms. The van der Waals surface area contributed by atoms with E-state index >= 15 is 0 Å². The largest absolute Gasteiger partial charge is 0.378 e. The van der Waals surface area contributed by atoms with Crippen LogP contribution < -0.4 is 15.5 Å². The molecule has 112 valence electrons. The second-order valence-electron chi connectivity index (χ2n) is 5.04. The number of nitrogens with zero attached hydrogens (tertiary/aromatic N) is 2. The van der Waals surface area contributed by atoms with Crippen molar-refractivity contribution in [3.63, 3.8) is 0 Å². The van der Waals surface area contributed by atoms with Crippen molar-refractivity contribution in [1.29, 1.82) is 5.26 Å². The Labute approximate surface area is 130 Å². The van der Waals surface area contributed by atoms with Gasteiger partial charge < -0.3 is 15.5 Å². The molecule has 0 aromatic heterocycles. The molecule has 2 aromatic carbocycles. The fourth-order valence-corrected chi connectivity index (χ4v) is 1.93. The Morgan fingerprint density at radius 2 is 1.86 bits per heavy atom. The fraction of sp³-hybridized carbons (Fsp3) is 0.176. The molecule has 5 nitrogen and oxygen atoms in total. The summed E-state index contributed by atoms with van der Waals surface area (Å²) in [7, 11) is 3.95. The average Bonchev–Trinajstić information content (AvgIpc) is 2.53. The molecule has 0 atom stereocenters. The highest BCUT2D eigenvalue weighted by Crippen LogP contribution is 2.15. The number of amides is 1. The minimum absolute atomic E-state index is 0.160. The summed E-state index contributed by atoms with van der Waals surface area (Å²) in [6.45, 7) is 0.165. The van der Waals surface area contributed by atoms with Crippen LogP contribution in [0, 0.1) is 11.3 Å². The fourth-order valence-electron chi connectivity index (χ4n) is 1.93. The first-order valence-corrected chi connectivity index (χ1v) is 6.90. The van der Waals surface area contributed by atoms with E-state index in [1.54, 1.807) is 24.3 Å². The smallest absolute Gasteiger partial charge is 0.243 e. The molecule has 0 unspecified atom stereocenters. The van der Waals surface area contributed by atoms with Crippen molar-refractivity contribution < 1.29 is 4.79 Å². The lowest BCUT2D eigenvalue weighted by Gasteiger charge is -2.13. The van der Waals surface area contributed by atoms with Crippen molar-refractivity contribution in [1.82, 2.24) is 0 Å². The number of benzene rings is 2. The maximum absolute atomic E-state index is 11.9. The van der Waals surface area contributed by atoms with Crippen molar-refractivity contribution in [2.24, 2.45) is 0 Å². The average molecular weight is 294 g/mol. The Balaban J connectivity index is 1.88. The van der Waals surface area contributed by atoms with E-state index in [0.717, 1.165) is 11.4 Å². The van der Waals surface area contributed by atoms with Gasteiger partial charge in [-0.3, -0.25) is 4.79 Å². The second kappa shape index (κ2) is 7.14. The highest BCUT2D eigenvalue weighted by Gasteiger charge is 2.03. The molecule has 0 aliphatic rings. The summed E-state index contributed by atoms with van der Waals surface area (Å²) in [4.78, 5) is 13.9. The van der Waals surface area contributed by atoms with Crippen molar-refractivity contribution in [2.75, 3.05) is 36.2 Å². The first kappa shape index (κ1) is 15.4. The van der Waals surface area contributed by atoms with Crippen LogP contribution in [0.3, 0.4) is 0 Å². The van der Waals surface area contributed by atoms with E-state index in [1.165, 1.54) is 0 Å². The van der Waals surface area contributed by atoms with Gasteiger partial charge in [0.05, 0.1) is 18.2 Å². The van der Waals surface area contributed by atoms with Gasteiger partial charge in [-0.25, -0.2) is 0 Å². The molecule has 0 bridgehead atoms. The van der Waals surface area contributed by atoms with Gasteiger partial charge in [-0.05, 0) is 42.5 Å². The summed E-state index contributed by atoms with van der Waals surface area (Å²) >= 11 is 0. The van der Waals surface area contributed by atoms with E-state index in [2.05, 4.69) is 10.6 Å². The van der Waals surface area contributed by atoms with Gasteiger partial charge in [0, 0.05) is 31.2 Å². The number of carbonyl (C=O) groups is 1. The molecule has 0 saturated carbocycles. The van der Waals surface area contributed by atoms with Crippen molar-refractivity contribution in [3.8, 4) is 6.07 Å². The van der Waals surface area contributed by atoms with Crippen molar-refractivity contribution >= 4 is 23.0 Å². The number of rotatable bonds is 5. The second-order valence-corrected chi connectivity index (χ2v) is 5.04. The van der Waals surface area contributed by atoms with Gasteiger partial charge >= 0.3 is 0 Å². The van der Waals surface area contributed by atoms with Crippen molar-refractivity contribution in [2.45, 2.75) is 0 Å². The Morgan fingerprint density at radius 3 is 2.50 bits per heavy atom. The van der Waals surface area contributed by atoms with Gasteiger partial charge in [-0.1, -0.05) is 6.07 Å². The topological polar surface area (TPSA) is 68.2 Å². The molecule has 2 aromatic rings. The van der Waals surface area contributed by atoms with Crippen LogP contribution in [0.1, 0.15) is 5.56 Å². The highest BCUT2D eigenvalue weighted by atomic mass is 16.1. The minimum Gasteiger partial charge on any atom is -0.378 e. The lowest BCUT2D eigenvalue weighted by Crippen LogP contribution is -2.21. The molecule has 1 amide bonds. The number of anilines is 3. The van der Waals surface area contributed by atoms with Crippen LogP contribution in [0.5, 0.6) is 0 Å². The summed E-state index contributed by atoms with van der Waals surface area (Å²) in [5, 5.41) is 14.7. The van der Waals surface area contributed by atoms with Gasteiger partial charge in [0.1, 0.15) is 0 Å². The van der Waals surface area contributed by atoms with Crippen LogP contribution in [-0.4, -0.2) is 26.5 Å². The van der Waals surface area contributed by atoms with E-state index in [-0.39, 0.29) is 12.5 Å². The van der Waals surface area contributed by atoms with Crippen LogP contribution in [-0.2, 0) is 4.79 Å². The minimum atomic E-state index is -0.160. The lowest BCUT2D eigenvalue weighted by atomic mass is 10.2. The van der Waals surface area contributed by atoms with Gasteiger partial charge in [-0.15, -0.1) is 0 Å². The predicted octanol–water partition coefficient (Wildman–Crippen LogP) is 2.67. The highest BCUT2D eigenvalue weighted by molar-refractivity contribution is 5.93. The molecule has 0 radical (unpaired) electrons. The van der Waals surface area contributed by atoms with Crippen LogP contribution in [0.4, 0.5) is 17.1 Å². The first-order valence-electron chi connectivity index (χ1n) is 6.90. The molecule has 0 saturated heterocycles.